The number of hydrogen-bond donors (Lipinski definition) is 0. The maximum Gasteiger partial charge on any atom is 0.200 e. The molecule has 3 heteroatoms. The molecule has 0 saturated carbocycles. The predicted octanol–water partition coefficient (Wildman–Crippen LogP) is 0.866. The molecule has 0 radical (unpaired) electrons. The van der Waals surface area contributed by atoms with Gasteiger partial charge in [-0.25, -0.2) is 4.39 Å². The maximum atomic E-state index is 12.8. The van der Waals surface area contributed by atoms with Gasteiger partial charge in [0.1, 0.15) is 0 Å². The van der Waals surface area contributed by atoms with Crippen LogP contribution in [-0.4, -0.2) is 24.5 Å². The summed E-state index contributed by atoms with van der Waals surface area (Å²) in [5.41, 5.74) is 0.171. The van der Waals surface area contributed by atoms with Crippen molar-refractivity contribution in [1.29, 1.82) is 0 Å². The topological polar surface area (TPSA) is 20.3 Å². The van der Waals surface area contributed by atoms with Crippen molar-refractivity contribution in [3.8, 4) is 0 Å². The summed E-state index contributed by atoms with van der Waals surface area (Å²) < 4.78 is 12.8. The van der Waals surface area contributed by atoms with Crippen molar-refractivity contribution < 1.29 is 9.18 Å². The summed E-state index contributed by atoms with van der Waals surface area (Å²) in [7, 11) is 1.58. The van der Waals surface area contributed by atoms with Crippen molar-refractivity contribution in [3.63, 3.8) is 0 Å². The molecular weight excluding hydrogens is 133 g/mol. The highest BCUT2D eigenvalue weighted by molar-refractivity contribution is 5.75. The van der Waals surface area contributed by atoms with Crippen molar-refractivity contribution >= 4 is 6.29 Å². The monoisotopic (exact) mass is 141 g/mol. The lowest BCUT2D eigenvalue weighted by Crippen LogP contribution is -2.26. The molecule has 2 nitrogen and oxygen atoms in total. The van der Waals surface area contributed by atoms with Gasteiger partial charge >= 0.3 is 0 Å². The Labute approximate surface area is 58.6 Å². The summed E-state index contributed by atoms with van der Waals surface area (Å²) in [5.74, 6) is 0. The summed E-state index contributed by atoms with van der Waals surface area (Å²) in [6, 6.07) is 0. The molecule has 54 valence electrons. The van der Waals surface area contributed by atoms with Crippen LogP contribution in [0.4, 0.5) is 4.39 Å². The zero-order valence-electron chi connectivity index (χ0n) is 5.62. The molecule has 0 bridgehead atoms. The normalized spacial score (nSPS) is 24.4. The van der Waals surface area contributed by atoms with Crippen LogP contribution < -0.4 is 0 Å². The SMILES string of the molecule is CN1C=CC=C(C=O)C1F. The lowest BCUT2D eigenvalue weighted by molar-refractivity contribution is -0.105. The van der Waals surface area contributed by atoms with Crippen LogP contribution in [0.5, 0.6) is 0 Å². The zero-order chi connectivity index (χ0) is 7.56. The maximum absolute atomic E-state index is 12.8. The predicted molar refractivity (Wildman–Crippen MR) is 35.9 cm³/mol. The molecular formula is C7H8FNO. The lowest BCUT2D eigenvalue weighted by Gasteiger charge is -2.21. The second kappa shape index (κ2) is 2.64. The van der Waals surface area contributed by atoms with Crippen LogP contribution in [0, 0.1) is 0 Å². The first-order valence-corrected chi connectivity index (χ1v) is 2.95. The molecule has 1 heterocycles. The smallest absolute Gasteiger partial charge is 0.200 e. The average molecular weight is 141 g/mol. The third-order valence-electron chi connectivity index (χ3n) is 1.38. The molecule has 0 amide bonds. The van der Waals surface area contributed by atoms with Crippen molar-refractivity contribution in [2.45, 2.75) is 6.30 Å². The minimum absolute atomic E-state index is 0.171. The highest BCUT2D eigenvalue weighted by atomic mass is 19.1. The van der Waals surface area contributed by atoms with Gasteiger partial charge in [-0.3, -0.25) is 4.79 Å². The molecule has 1 atom stereocenters. The van der Waals surface area contributed by atoms with E-state index in [9.17, 15) is 9.18 Å². The molecule has 1 aliphatic heterocycles. The molecule has 1 rings (SSSR count). The van der Waals surface area contributed by atoms with Crippen LogP contribution in [0.25, 0.3) is 0 Å². The van der Waals surface area contributed by atoms with Gasteiger partial charge in [-0.1, -0.05) is 0 Å². The van der Waals surface area contributed by atoms with E-state index in [-0.39, 0.29) is 5.57 Å². The third kappa shape index (κ3) is 1.07. The van der Waals surface area contributed by atoms with Gasteiger partial charge in [0, 0.05) is 18.8 Å². The van der Waals surface area contributed by atoms with Gasteiger partial charge in [-0.15, -0.1) is 0 Å². The Bertz CT molecular complexity index is 198. The van der Waals surface area contributed by atoms with E-state index in [1.54, 1.807) is 19.3 Å². The Morgan fingerprint density at radius 2 is 2.50 bits per heavy atom. The van der Waals surface area contributed by atoms with E-state index >= 15 is 0 Å². The second-order valence-electron chi connectivity index (χ2n) is 2.13. The molecule has 0 aromatic heterocycles. The molecule has 1 unspecified atom stereocenters. The first kappa shape index (κ1) is 6.99. The molecule has 0 N–H and O–H groups in total. The van der Waals surface area contributed by atoms with Crippen LogP contribution in [0.15, 0.2) is 23.9 Å². The number of hydrogen-bond acceptors (Lipinski definition) is 2. The average Bonchev–Trinajstić information content (AvgIpc) is 1.95. The van der Waals surface area contributed by atoms with Crippen LogP contribution in [0.2, 0.25) is 0 Å². The van der Waals surface area contributed by atoms with E-state index in [0.29, 0.717) is 6.29 Å². The van der Waals surface area contributed by atoms with Gasteiger partial charge in [0.2, 0.25) is 6.30 Å². The molecule has 0 fully saturated rings. The number of nitrogens with zero attached hydrogens (tertiary/aromatic N) is 1. The first-order chi connectivity index (χ1) is 4.75. The van der Waals surface area contributed by atoms with Crippen LogP contribution in [0.3, 0.4) is 0 Å². The van der Waals surface area contributed by atoms with Crippen molar-refractivity contribution in [2.75, 3.05) is 7.05 Å². The largest absolute Gasteiger partial charge is 0.348 e. The Morgan fingerprint density at radius 3 is 3.00 bits per heavy atom. The van der Waals surface area contributed by atoms with E-state index in [4.69, 9.17) is 0 Å². The second-order valence-corrected chi connectivity index (χ2v) is 2.13. The Hall–Kier alpha value is -1.12. The highest BCUT2D eigenvalue weighted by Crippen LogP contribution is 2.13. The van der Waals surface area contributed by atoms with E-state index < -0.39 is 6.30 Å². The number of carbonyl (C=O) groups excluding carboxylic acids is 1. The van der Waals surface area contributed by atoms with Crippen molar-refractivity contribution in [3.05, 3.63) is 23.9 Å². The van der Waals surface area contributed by atoms with E-state index in [1.807, 2.05) is 0 Å². The van der Waals surface area contributed by atoms with E-state index in [1.165, 1.54) is 11.0 Å². The summed E-state index contributed by atoms with van der Waals surface area (Å²) in [4.78, 5) is 11.5. The molecule has 0 aromatic rings. The quantitative estimate of drug-likeness (QED) is 0.399. The van der Waals surface area contributed by atoms with Crippen LogP contribution in [-0.2, 0) is 4.79 Å². The molecule has 0 spiro atoms. The number of aldehydes is 1. The third-order valence-corrected chi connectivity index (χ3v) is 1.38. The fourth-order valence-electron chi connectivity index (χ4n) is 0.775. The summed E-state index contributed by atoms with van der Waals surface area (Å²) in [5, 5.41) is 0. The van der Waals surface area contributed by atoms with Crippen LogP contribution >= 0.6 is 0 Å². The molecule has 10 heavy (non-hydrogen) atoms. The number of allylic oxidation sites excluding steroid dienone is 2. The fraction of sp³-hybridized carbons (Fsp3) is 0.286. The van der Waals surface area contributed by atoms with Gasteiger partial charge < -0.3 is 4.90 Å². The number of halogens is 1. The van der Waals surface area contributed by atoms with Crippen molar-refractivity contribution in [1.82, 2.24) is 4.90 Å². The minimum atomic E-state index is -1.28. The van der Waals surface area contributed by atoms with E-state index in [0.717, 1.165) is 0 Å². The summed E-state index contributed by atoms with van der Waals surface area (Å²) in [6.07, 6.45) is 3.95. The first-order valence-electron chi connectivity index (χ1n) is 2.95. The van der Waals surface area contributed by atoms with Crippen LogP contribution in [0.1, 0.15) is 0 Å². The number of carbonyl (C=O) groups is 1. The standard InChI is InChI=1S/C7H8FNO/c1-9-4-2-3-6(5-10)7(9)8/h2-5,7H,1H3. The fourth-order valence-corrected chi connectivity index (χ4v) is 0.775. The minimum Gasteiger partial charge on any atom is -0.348 e. The summed E-state index contributed by atoms with van der Waals surface area (Å²) >= 11 is 0. The number of rotatable bonds is 1. The van der Waals surface area contributed by atoms with Gasteiger partial charge in [0.15, 0.2) is 6.29 Å². The number of likely N-dealkylation sites (N-methyl/N-ethyl adjacent to an activating group) is 1. The Kier molecular flexibility index (Phi) is 1.85. The van der Waals surface area contributed by atoms with Crippen molar-refractivity contribution in [2.24, 2.45) is 0 Å². The van der Waals surface area contributed by atoms with Gasteiger partial charge in [-0.05, 0) is 12.2 Å². The van der Waals surface area contributed by atoms with E-state index in [2.05, 4.69) is 0 Å². The Balaban J connectivity index is 2.81. The number of alkyl halides is 1. The molecule has 0 saturated heterocycles. The molecule has 0 aromatic carbocycles. The van der Waals surface area contributed by atoms with Gasteiger partial charge in [-0.2, -0.15) is 0 Å². The molecule has 1 aliphatic rings. The summed E-state index contributed by atoms with van der Waals surface area (Å²) in [6.45, 7) is 0. The highest BCUT2D eigenvalue weighted by Gasteiger charge is 2.16. The lowest BCUT2D eigenvalue weighted by atomic mass is 10.2. The Morgan fingerprint density at radius 1 is 1.80 bits per heavy atom. The zero-order valence-corrected chi connectivity index (χ0v) is 5.62. The van der Waals surface area contributed by atoms with Gasteiger partial charge in [0.05, 0.1) is 0 Å². The van der Waals surface area contributed by atoms with Gasteiger partial charge in [0.25, 0.3) is 0 Å². The molecule has 0 aliphatic carbocycles.